The summed E-state index contributed by atoms with van der Waals surface area (Å²) in [5.41, 5.74) is 3.51. The number of ether oxygens (including phenoxy) is 1. The minimum absolute atomic E-state index is 0.103. The first kappa shape index (κ1) is 21.4. The second kappa shape index (κ2) is 8.02. The molecule has 2 aromatic rings. The van der Waals surface area contributed by atoms with Gasteiger partial charge in [0.05, 0.1) is 0 Å². The monoisotopic (exact) mass is 414 g/mol. The van der Waals surface area contributed by atoms with Crippen LogP contribution < -0.4 is 4.74 Å². The Balaban J connectivity index is 2.29. The summed E-state index contributed by atoms with van der Waals surface area (Å²) < 4.78 is 44.9. The molecule has 0 radical (unpaired) electrons. The van der Waals surface area contributed by atoms with Crippen molar-refractivity contribution in [3.8, 4) is 11.5 Å². The van der Waals surface area contributed by atoms with Crippen molar-refractivity contribution in [3.05, 3.63) is 52.6 Å². The molecule has 0 aliphatic rings. The minimum atomic E-state index is -3.76. The zero-order chi connectivity index (χ0) is 20.4. The van der Waals surface area contributed by atoms with E-state index in [1.165, 1.54) is 12.1 Å². The second-order valence-corrected chi connectivity index (χ2v) is 10.3. The Labute approximate surface area is 159 Å². The van der Waals surface area contributed by atoms with Crippen molar-refractivity contribution in [1.82, 2.24) is 0 Å². The van der Waals surface area contributed by atoms with Crippen LogP contribution in [0.25, 0.3) is 0 Å². The number of hydrogen-bond donors (Lipinski definition) is 2. The van der Waals surface area contributed by atoms with Crippen molar-refractivity contribution in [2.24, 2.45) is 0 Å². The number of phenols is 1. The van der Waals surface area contributed by atoms with Crippen molar-refractivity contribution in [1.29, 1.82) is 0 Å². The van der Waals surface area contributed by atoms with Gasteiger partial charge in [-0.2, -0.15) is 0 Å². The lowest BCUT2D eigenvalue weighted by atomic mass is 9.96. The van der Waals surface area contributed by atoms with E-state index in [1.54, 1.807) is 18.2 Å². The fraction of sp³-hybridized carbons (Fsp3) is 0.333. The number of aryl methyl sites for hydroxylation is 2. The van der Waals surface area contributed by atoms with Gasteiger partial charge in [0.15, 0.2) is 16.2 Å². The summed E-state index contributed by atoms with van der Waals surface area (Å²) in [6.45, 7) is 3.75. The van der Waals surface area contributed by atoms with Crippen molar-refractivity contribution in [2.75, 3.05) is 19.7 Å². The Morgan fingerprint density at radius 3 is 2.22 bits per heavy atom. The van der Waals surface area contributed by atoms with Crippen molar-refractivity contribution in [3.63, 3.8) is 0 Å². The highest BCUT2D eigenvalue weighted by molar-refractivity contribution is 7.90. The van der Waals surface area contributed by atoms with Crippen LogP contribution in [0.2, 0.25) is 0 Å². The molecule has 1 atom stereocenters. The zero-order valence-electron chi connectivity index (χ0n) is 15.6. The molecule has 0 bridgehead atoms. The maximum atomic E-state index is 11.8. The first-order chi connectivity index (χ1) is 12.4. The standard InChI is InChI=1S/C18H23O7PS/c1-12-7-15(25-11-26(20,21)24-3)8-13(2)16(12)9-14-5-6-17(19)18(10-14)27(4,22)23/h5-8,10,19H,9,11H2,1-4H3,(H,20,21). The molecule has 7 nitrogen and oxygen atoms in total. The number of phenolic OH excluding ortho intramolecular Hbond substituents is 1. The van der Waals surface area contributed by atoms with Gasteiger partial charge in [-0.15, -0.1) is 0 Å². The maximum Gasteiger partial charge on any atom is 0.364 e. The van der Waals surface area contributed by atoms with E-state index in [0.717, 1.165) is 35.6 Å². The molecule has 148 valence electrons. The van der Waals surface area contributed by atoms with Crippen LogP contribution in [0.5, 0.6) is 11.5 Å². The SMILES string of the molecule is COP(=O)(O)COc1cc(C)c(Cc2ccc(O)c(S(C)(=O)=O)c2)c(C)c1. The van der Waals surface area contributed by atoms with Crippen LogP contribution in [0.15, 0.2) is 35.2 Å². The average molecular weight is 414 g/mol. The zero-order valence-corrected chi connectivity index (χ0v) is 17.3. The lowest BCUT2D eigenvalue weighted by molar-refractivity contribution is 0.268. The first-order valence-electron chi connectivity index (χ1n) is 8.05. The molecular formula is C18H23O7PS. The number of sulfone groups is 1. The third-order valence-electron chi connectivity index (χ3n) is 4.15. The Morgan fingerprint density at radius 1 is 1.11 bits per heavy atom. The van der Waals surface area contributed by atoms with Gasteiger partial charge in [-0.3, -0.25) is 4.57 Å². The van der Waals surface area contributed by atoms with E-state index >= 15 is 0 Å². The Bertz CT molecular complexity index is 976. The number of aromatic hydroxyl groups is 1. The smallest absolute Gasteiger partial charge is 0.364 e. The van der Waals surface area contributed by atoms with Crippen molar-refractivity contribution < 1.29 is 32.2 Å². The molecule has 0 fully saturated rings. The van der Waals surface area contributed by atoms with E-state index in [0.29, 0.717) is 12.2 Å². The van der Waals surface area contributed by atoms with Gasteiger partial charge in [-0.25, -0.2) is 8.42 Å². The van der Waals surface area contributed by atoms with Gasteiger partial charge < -0.3 is 19.3 Å². The predicted octanol–water partition coefficient (Wildman–Crippen LogP) is 3.17. The highest BCUT2D eigenvalue weighted by Crippen LogP contribution is 2.41. The van der Waals surface area contributed by atoms with Crippen LogP contribution in [0.1, 0.15) is 22.3 Å². The molecule has 27 heavy (non-hydrogen) atoms. The summed E-state index contributed by atoms with van der Waals surface area (Å²) in [4.78, 5) is 9.32. The summed E-state index contributed by atoms with van der Waals surface area (Å²) in [6.07, 6.45) is 1.07. The van der Waals surface area contributed by atoms with Crippen LogP contribution in [0, 0.1) is 13.8 Å². The molecule has 0 heterocycles. The molecule has 0 aromatic heterocycles. The van der Waals surface area contributed by atoms with Crippen LogP contribution in [0.3, 0.4) is 0 Å². The van der Waals surface area contributed by atoms with Crippen LogP contribution >= 0.6 is 7.60 Å². The number of rotatable bonds is 7. The third-order valence-corrected chi connectivity index (χ3v) is 6.31. The molecule has 2 aromatic carbocycles. The maximum absolute atomic E-state index is 11.8. The summed E-state index contributed by atoms with van der Waals surface area (Å²) in [7, 11) is -6.15. The number of benzene rings is 2. The van der Waals surface area contributed by atoms with Gasteiger partial charge in [0.2, 0.25) is 0 Å². The Hall–Kier alpha value is -1.86. The molecule has 2 N–H and O–H groups in total. The molecule has 2 rings (SSSR count). The average Bonchev–Trinajstić information content (AvgIpc) is 2.57. The predicted molar refractivity (Wildman–Crippen MR) is 102 cm³/mol. The summed E-state index contributed by atoms with van der Waals surface area (Å²) >= 11 is 0. The molecule has 0 spiro atoms. The molecule has 0 amide bonds. The fourth-order valence-electron chi connectivity index (χ4n) is 2.69. The summed E-state index contributed by atoms with van der Waals surface area (Å²) in [5.74, 6) is 0.174. The van der Waals surface area contributed by atoms with Gasteiger partial charge in [-0.05, 0) is 66.8 Å². The topological polar surface area (TPSA) is 110 Å². The van der Waals surface area contributed by atoms with Gasteiger partial charge in [-0.1, -0.05) is 6.07 Å². The Kier molecular flexibility index (Phi) is 6.37. The van der Waals surface area contributed by atoms with Crippen molar-refractivity contribution in [2.45, 2.75) is 25.2 Å². The highest BCUT2D eigenvalue weighted by Gasteiger charge is 2.19. The largest absolute Gasteiger partial charge is 0.507 e. The first-order valence-corrected chi connectivity index (χ1v) is 11.7. The van der Waals surface area contributed by atoms with E-state index in [9.17, 15) is 23.0 Å². The molecule has 0 aliphatic carbocycles. The van der Waals surface area contributed by atoms with E-state index in [2.05, 4.69) is 4.52 Å². The third kappa shape index (κ3) is 5.56. The number of hydrogen-bond acceptors (Lipinski definition) is 6. The van der Waals surface area contributed by atoms with Gasteiger partial charge >= 0.3 is 7.60 Å². The van der Waals surface area contributed by atoms with E-state index < -0.39 is 23.8 Å². The Morgan fingerprint density at radius 2 is 1.70 bits per heavy atom. The molecule has 0 saturated carbocycles. The highest BCUT2D eigenvalue weighted by atomic mass is 32.2. The summed E-state index contributed by atoms with van der Waals surface area (Å²) in [5, 5.41) is 9.78. The molecule has 9 heteroatoms. The van der Waals surface area contributed by atoms with Crippen LogP contribution in [0.4, 0.5) is 0 Å². The van der Waals surface area contributed by atoms with Gasteiger partial charge in [0.1, 0.15) is 16.4 Å². The van der Waals surface area contributed by atoms with Gasteiger partial charge in [0, 0.05) is 13.4 Å². The second-order valence-electron chi connectivity index (χ2n) is 6.38. The minimum Gasteiger partial charge on any atom is -0.507 e. The molecular weight excluding hydrogens is 391 g/mol. The molecule has 1 unspecified atom stereocenters. The van der Waals surface area contributed by atoms with E-state index in [1.807, 2.05) is 13.8 Å². The summed E-state index contributed by atoms with van der Waals surface area (Å²) in [6, 6.07) is 8.01. The molecule has 0 saturated heterocycles. The lowest BCUT2D eigenvalue weighted by Gasteiger charge is -2.15. The normalized spacial score (nSPS) is 14.0. The van der Waals surface area contributed by atoms with Crippen LogP contribution in [-0.4, -0.2) is 38.1 Å². The van der Waals surface area contributed by atoms with Gasteiger partial charge in [0.25, 0.3) is 0 Å². The van der Waals surface area contributed by atoms with Crippen LogP contribution in [-0.2, 0) is 25.3 Å². The fourth-order valence-corrected chi connectivity index (χ4v) is 3.93. The van der Waals surface area contributed by atoms with E-state index in [-0.39, 0.29) is 10.6 Å². The van der Waals surface area contributed by atoms with E-state index in [4.69, 9.17) is 4.74 Å². The quantitative estimate of drug-likeness (QED) is 0.670. The van der Waals surface area contributed by atoms with Crippen molar-refractivity contribution >= 4 is 17.4 Å². The lowest BCUT2D eigenvalue weighted by Crippen LogP contribution is -2.03. The molecule has 0 aliphatic heterocycles.